The summed E-state index contributed by atoms with van der Waals surface area (Å²) in [7, 11) is 1.27. The fourth-order valence-corrected chi connectivity index (χ4v) is 1.37. The number of benzene rings is 1. The molecule has 0 fully saturated rings. The molecule has 0 aliphatic heterocycles. The number of Topliss-reactive ketones (excluding diaryl/α,β-unsaturated/α-hetero) is 1. The van der Waals surface area contributed by atoms with Crippen molar-refractivity contribution < 1.29 is 14.3 Å². The topological polar surface area (TPSA) is 43.4 Å². The number of ether oxygens (including phenoxy) is 1. The summed E-state index contributed by atoms with van der Waals surface area (Å²) in [5.74, 6) is -1.63. The van der Waals surface area contributed by atoms with E-state index in [-0.39, 0.29) is 5.78 Å². The Bertz CT molecular complexity index is 393. The van der Waals surface area contributed by atoms with Crippen LogP contribution in [0.5, 0.6) is 0 Å². The Hall–Kier alpha value is -1.90. The number of methoxy groups -OCH3 is 1. The number of hydrogen-bond donors (Lipinski definition) is 0. The summed E-state index contributed by atoms with van der Waals surface area (Å²) in [6, 6.07) is 8.71. The molecule has 0 spiro atoms. The molecule has 0 heterocycles. The van der Waals surface area contributed by atoms with Gasteiger partial charge in [0, 0.05) is 5.56 Å². The van der Waals surface area contributed by atoms with Gasteiger partial charge in [0.15, 0.2) is 5.78 Å². The van der Waals surface area contributed by atoms with Crippen molar-refractivity contribution in [3.05, 3.63) is 48.0 Å². The number of carbonyl (C=O) groups excluding carboxylic acids is 2. The van der Waals surface area contributed by atoms with Crippen molar-refractivity contribution in [2.45, 2.75) is 6.92 Å². The van der Waals surface area contributed by atoms with E-state index in [2.05, 4.69) is 4.74 Å². The highest BCUT2D eigenvalue weighted by molar-refractivity contribution is 6.10. The fraction of sp³-hybridized carbons (Fsp3) is 0.231. The SMILES string of the molecule is C/C=C\C(C(=O)OC)C(=O)c1ccccc1. The first-order chi connectivity index (χ1) is 7.70. The number of esters is 1. The van der Waals surface area contributed by atoms with E-state index in [9.17, 15) is 9.59 Å². The van der Waals surface area contributed by atoms with Gasteiger partial charge < -0.3 is 4.74 Å². The molecular formula is C13H14O3. The van der Waals surface area contributed by atoms with Crippen LogP contribution in [0.4, 0.5) is 0 Å². The maximum atomic E-state index is 12.0. The molecule has 1 aromatic rings. The first-order valence-corrected chi connectivity index (χ1v) is 5.00. The normalized spacial score (nSPS) is 12.4. The van der Waals surface area contributed by atoms with Gasteiger partial charge in [-0.25, -0.2) is 0 Å². The zero-order valence-corrected chi connectivity index (χ0v) is 9.34. The molecule has 0 aliphatic rings. The molecular weight excluding hydrogens is 204 g/mol. The molecule has 0 amide bonds. The van der Waals surface area contributed by atoms with E-state index >= 15 is 0 Å². The van der Waals surface area contributed by atoms with E-state index in [0.717, 1.165) is 0 Å². The predicted molar refractivity (Wildman–Crippen MR) is 61.1 cm³/mol. The molecule has 0 bridgehead atoms. The molecule has 3 heteroatoms. The van der Waals surface area contributed by atoms with Crippen LogP contribution in [0.1, 0.15) is 17.3 Å². The van der Waals surface area contributed by atoms with Gasteiger partial charge in [0.25, 0.3) is 0 Å². The average molecular weight is 218 g/mol. The second-order valence-corrected chi connectivity index (χ2v) is 3.26. The number of hydrogen-bond acceptors (Lipinski definition) is 3. The van der Waals surface area contributed by atoms with Crippen molar-refractivity contribution in [1.29, 1.82) is 0 Å². The molecule has 1 unspecified atom stereocenters. The van der Waals surface area contributed by atoms with Gasteiger partial charge in [-0.1, -0.05) is 42.5 Å². The van der Waals surface area contributed by atoms with Crippen molar-refractivity contribution in [2.75, 3.05) is 7.11 Å². The molecule has 0 aliphatic carbocycles. The highest BCUT2D eigenvalue weighted by Crippen LogP contribution is 2.12. The Morgan fingerprint density at radius 1 is 1.25 bits per heavy atom. The lowest BCUT2D eigenvalue weighted by atomic mass is 9.97. The number of ketones is 1. The van der Waals surface area contributed by atoms with Crippen LogP contribution in [0.15, 0.2) is 42.5 Å². The van der Waals surface area contributed by atoms with Gasteiger partial charge in [-0.2, -0.15) is 0 Å². The van der Waals surface area contributed by atoms with E-state index in [0.29, 0.717) is 5.56 Å². The largest absolute Gasteiger partial charge is 0.468 e. The van der Waals surface area contributed by atoms with Gasteiger partial charge in [0.05, 0.1) is 7.11 Å². The Balaban J connectivity index is 2.96. The van der Waals surface area contributed by atoms with Crippen LogP contribution in [-0.4, -0.2) is 18.9 Å². The molecule has 84 valence electrons. The third-order valence-electron chi connectivity index (χ3n) is 2.18. The standard InChI is InChI=1S/C13H14O3/c1-3-7-11(13(15)16-2)12(14)10-8-5-4-6-9-10/h3-9,11H,1-2H3/b7-3-. The summed E-state index contributed by atoms with van der Waals surface area (Å²) in [6.07, 6.45) is 3.21. The van der Waals surface area contributed by atoms with Crippen molar-refractivity contribution in [3.63, 3.8) is 0 Å². The summed E-state index contributed by atoms with van der Waals surface area (Å²) in [4.78, 5) is 23.4. The Morgan fingerprint density at radius 2 is 1.88 bits per heavy atom. The lowest BCUT2D eigenvalue weighted by Gasteiger charge is -2.09. The van der Waals surface area contributed by atoms with Crippen LogP contribution in [0, 0.1) is 5.92 Å². The van der Waals surface area contributed by atoms with Gasteiger partial charge in [0.2, 0.25) is 0 Å². The number of allylic oxidation sites excluding steroid dienone is 1. The number of rotatable bonds is 4. The minimum Gasteiger partial charge on any atom is -0.468 e. The van der Waals surface area contributed by atoms with Crippen LogP contribution in [0.25, 0.3) is 0 Å². The maximum absolute atomic E-state index is 12.0. The minimum atomic E-state index is -0.850. The molecule has 0 aromatic heterocycles. The summed E-state index contributed by atoms with van der Waals surface area (Å²) in [6.45, 7) is 1.76. The van der Waals surface area contributed by atoms with Crippen LogP contribution in [0.2, 0.25) is 0 Å². The molecule has 0 N–H and O–H groups in total. The lowest BCUT2D eigenvalue weighted by Crippen LogP contribution is -2.23. The van der Waals surface area contributed by atoms with Gasteiger partial charge in [-0.3, -0.25) is 9.59 Å². The van der Waals surface area contributed by atoms with Crippen molar-refractivity contribution >= 4 is 11.8 Å². The zero-order valence-electron chi connectivity index (χ0n) is 9.34. The van der Waals surface area contributed by atoms with Crippen molar-refractivity contribution in [3.8, 4) is 0 Å². The molecule has 1 aromatic carbocycles. The smallest absolute Gasteiger partial charge is 0.320 e. The highest BCUT2D eigenvalue weighted by atomic mass is 16.5. The van der Waals surface area contributed by atoms with Crippen molar-refractivity contribution in [1.82, 2.24) is 0 Å². The van der Waals surface area contributed by atoms with Crippen LogP contribution in [-0.2, 0) is 9.53 Å². The average Bonchev–Trinajstić information content (AvgIpc) is 2.35. The molecule has 0 saturated carbocycles. The minimum absolute atomic E-state index is 0.245. The second-order valence-electron chi connectivity index (χ2n) is 3.26. The predicted octanol–water partition coefficient (Wildman–Crippen LogP) is 2.23. The third kappa shape index (κ3) is 2.79. The monoisotopic (exact) mass is 218 g/mol. The first kappa shape index (κ1) is 12.2. The fourth-order valence-electron chi connectivity index (χ4n) is 1.37. The van der Waals surface area contributed by atoms with E-state index in [1.54, 1.807) is 43.3 Å². The highest BCUT2D eigenvalue weighted by Gasteiger charge is 2.25. The van der Waals surface area contributed by atoms with Crippen molar-refractivity contribution in [2.24, 2.45) is 5.92 Å². The van der Waals surface area contributed by atoms with Gasteiger partial charge in [0.1, 0.15) is 5.92 Å². The van der Waals surface area contributed by atoms with Gasteiger partial charge in [-0.15, -0.1) is 0 Å². The maximum Gasteiger partial charge on any atom is 0.320 e. The molecule has 16 heavy (non-hydrogen) atoms. The summed E-state index contributed by atoms with van der Waals surface area (Å²) in [5, 5.41) is 0. The van der Waals surface area contributed by atoms with E-state index in [1.165, 1.54) is 7.11 Å². The number of carbonyl (C=O) groups is 2. The van der Waals surface area contributed by atoms with Crippen LogP contribution >= 0.6 is 0 Å². The van der Waals surface area contributed by atoms with Gasteiger partial charge >= 0.3 is 5.97 Å². The van der Waals surface area contributed by atoms with Crippen LogP contribution < -0.4 is 0 Å². The molecule has 0 radical (unpaired) electrons. The third-order valence-corrected chi connectivity index (χ3v) is 2.18. The Kier molecular flexibility index (Phi) is 4.45. The molecule has 3 nitrogen and oxygen atoms in total. The first-order valence-electron chi connectivity index (χ1n) is 5.00. The molecule has 1 atom stereocenters. The van der Waals surface area contributed by atoms with E-state index < -0.39 is 11.9 Å². The molecule has 1 rings (SSSR count). The Labute approximate surface area is 94.7 Å². The van der Waals surface area contributed by atoms with E-state index in [1.807, 2.05) is 6.07 Å². The van der Waals surface area contributed by atoms with E-state index in [4.69, 9.17) is 0 Å². The summed E-state index contributed by atoms with van der Waals surface area (Å²) in [5.41, 5.74) is 0.510. The Morgan fingerprint density at radius 3 is 2.38 bits per heavy atom. The van der Waals surface area contributed by atoms with Crippen LogP contribution in [0.3, 0.4) is 0 Å². The lowest BCUT2D eigenvalue weighted by molar-refractivity contribution is -0.142. The summed E-state index contributed by atoms with van der Waals surface area (Å²) < 4.78 is 4.60. The second kappa shape index (κ2) is 5.85. The zero-order chi connectivity index (χ0) is 12.0. The summed E-state index contributed by atoms with van der Waals surface area (Å²) >= 11 is 0. The quantitative estimate of drug-likeness (QED) is 0.337. The molecule has 0 saturated heterocycles. The van der Waals surface area contributed by atoms with Gasteiger partial charge in [-0.05, 0) is 6.92 Å².